The first-order valence-electron chi connectivity index (χ1n) is 8.72. The molecular formula is C21H20FN3O3. The number of halogens is 1. The second-order valence-corrected chi connectivity index (χ2v) is 6.60. The van der Waals surface area contributed by atoms with Gasteiger partial charge in [-0.05, 0) is 47.9 Å². The van der Waals surface area contributed by atoms with Gasteiger partial charge >= 0.3 is 6.03 Å². The van der Waals surface area contributed by atoms with Gasteiger partial charge < -0.3 is 10.0 Å². The highest BCUT2D eigenvalue weighted by molar-refractivity contribution is 6.28. The summed E-state index contributed by atoms with van der Waals surface area (Å²) in [5.41, 5.74) is 2.43. The molecule has 1 heterocycles. The fourth-order valence-electron chi connectivity index (χ4n) is 2.79. The standard InChI is InChI=1S/C21H20FN3O3/c1-24(2)17-9-5-15(6-10-17)13-18-19(26)23-21(28)25(20(18)27)12-11-14-3-7-16(22)8-4-14/h3-10,13H,11-12H2,1-2H3,(H,23,26,28)/b18-13+. The average Bonchev–Trinajstić information content (AvgIpc) is 2.66. The molecule has 2 aromatic carbocycles. The maximum absolute atomic E-state index is 13.0. The molecule has 0 fully saturated rings. The predicted molar refractivity (Wildman–Crippen MR) is 106 cm³/mol. The van der Waals surface area contributed by atoms with Gasteiger partial charge in [0.05, 0.1) is 0 Å². The van der Waals surface area contributed by atoms with E-state index in [4.69, 9.17) is 0 Å². The first-order valence-corrected chi connectivity index (χ1v) is 8.72. The van der Waals surface area contributed by atoms with Gasteiger partial charge in [0.15, 0.2) is 0 Å². The average molecular weight is 381 g/mol. The van der Waals surface area contributed by atoms with Crippen molar-refractivity contribution in [2.75, 3.05) is 25.5 Å². The van der Waals surface area contributed by atoms with Crippen LogP contribution in [0.25, 0.3) is 6.08 Å². The summed E-state index contributed by atoms with van der Waals surface area (Å²) in [6.07, 6.45) is 1.86. The van der Waals surface area contributed by atoms with Crippen molar-refractivity contribution in [1.29, 1.82) is 0 Å². The van der Waals surface area contributed by atoms with Crippen LogP contribution in [-0.4, -0.2) is 48.5 Å². The van der Waals surface area contributed by atoms with Crippen molar-refractivity contribution < 1.29 is 19.1 Å². The molecule has 1 aliphatic heterocycles. The molecule has 0 aliphatic carbocycles. The predicted octanol–water partition coefficient (Wildman–Crippen LogP) is 3.44. The fourth-order valence-corrected chi connectivity index (χ4v) is 2.79. The number of benzene rings is 2. The third-order valence-electron chi connectivity index (χ3n) is 4.41. The Hall–Kier alpha value is -3.48. The Bertz CT molecular complexity index is 948. The second kappa shape index (κ2) is 8.04. The number of aliphatic hydroxyl groups excluding tert-OH is 1. The SMILES string of the molecule is CN(C)c1ccc(/C=C2/C(=O)N(CCc3ccc(F)cc3)C(=O)N=C2O)cc1. The third kappa shape index (κ3) is 4.25. The van der Waals surface area contributed by atoms with Gasteiger partial charge in [-0.25, -0.2) is 9.18 Å². The lowest BCUT2D eigenvalue weighted by atomic mass is 10.1. The van der Waals surface area contributed by atoms with E-state index in [9.17, 15) is 19.1 Å². The van der Waals surface area contributed by atoms with E-state index < -0.39 is 17.8 Å². The van der Waals surface area contributed by atoms with Gasteiger partial charge in [-0.15, -0.1) is 0 Å². The Kier molecular flexibility index (Phi) is 5.54. The molecule has 7 heteroatoms. The van der Waals surface area contributed by atoms with Gasteiger partial charge in [-0.2, -0.15) is 4.99 Å². The van der Waals surface area contributed by atoms with Crippen LogP contribution in [0, 0.1) is 5.82 Å². The molecule has 0 saturated heterocycles. The highest BCUT2D eigenvalue weighted by Crippen LogP contribution is 2.19. The number of imide groups is 1. The van der Waals surface area contributed by atoms with E-state index in [0.717, 1.165) is 16.2 Å². The Labute approximate surface area is 162 Å². The number of amides is 3. The first-order chi connectivity index (χ1) is 13.3. The molecule has 0 atom stereocenters. The van der Waals surface area contributed by atoms with Crippen LogP contribution in [0.4, 0.5) is 14.9 Å². The van der Waals surface area contributed by atoms with Crippen molar-refractivity contribution in [2.24, 2.45) is 4.99 Å². The van der Waals surface area contributed by atoms with E-state index in [1.54, 1.807) is 12.1 Å². The maximum Gasteiger partial charge on any atom is 0.353 e. The van der Waals surface area contributed by atoms with Crippen LogP contribution < -0.4 is 4.90 Å². The Morgan fingerprint density at radius 1 is 1.07 bits per heavy atom. The number of carbonyl (C=O) groups excluding carboxylic acids is 2. The maximum atomic E-state index is 13.0. The zero-order valence-electron chi connectivity index (χ0n) is 15.6. The summed E-state index contributed by atoms with van der Waals surface area (Å²) in [6.45, 7) is 0.0803. The smallest absolute Gasteiger partial charge is 0.353 e. The molecule has 3 rings (SSSR count). The summed E-state index contributed by atoms with van der Waals surface area (Å²) in [6, 6.07) is 12.4. The summed E-state index contributed by atoms with van der Waals surface area (Å²) in [5.74, 6) is -1.56. The molecule has 0 saturated carbocycles. The molecule has 28 heavy (non-hydrogen) atoms. The topological polar surface area (TPSA) is 73.2 Å². The number of urea groups is 1. The largest absolute Gasteiger partial charge is 0.493 e. The molecule has 0 bridgehead atoms. The third-order valence-corrected chi connectivity index (χ3v) is 4.41. The van der Waals surface area contributed by atoms with E-state index in [0.29, 0.717) is 12.0 Å². The molecule has 0 unspecified atom stereocenters. The van der Waals surface area contributed by atoms with Crippen molar-refractivity contribution in [3.8, 4) is 0 Å². The van der Waals surface area contributed by atoms with Gasteiger partial charge in [0.25, 0.3) is 5.91 Å². The number of hydrogen-bond donors (Lipinski definition) is 1. The van der Waals surface area contributed by atoms with Crippen LogP contribution in [0.15, 0.2) is 59.1 Å². The van der Waals surface area contributed by atoms with Gasteiger partial charge in [-0.3, -0.25) is 9.69 Å². The van der Waals surface area contributed by atoms with Crippen LogP contribution in [0.1, 0.15) is 11.1 Å². The van der Waals surface area contributed by atoms with Crippen molar-refractivity contribution in [1.82, 2.24) is 4.90 Å². The summed E-state index contributed by atoms with van der Waals surface area (Å²) in [5, 5.41) is 10.0. The van der Waals surface area contributed by atoms with Crippen LogP contribution in [0.3, 0.4) is 0 Å². The normalized spacial score (nSPS) is 15.8. The summed E-state index contributed by atoms with van der Waals surface area (Å²) < 4.78 is 13.0. The number of aliphatic imine (C=N–C) groups is 1. The molecule has 2 aromatic rings. The number of nitrogens with zero attached hydrogens (tertiary/aromatic N) is 3. The van der Waals surface area contributed by atoms with Gasteiger partial charge in [-0.1, -0.05) is 24.3 Å². The lowest BCUT2D eigenvalue weighted by Gasteiger charge is -2.23. The molecule has 0 aromatic heterocycles. The Balaban J connectivity index is 1.80. The highest BCUT2D eigenvalue weighted by atomic mass is 19.1. The monoisotopic (exact) mass is 381 g/mol. The molecule has 3 amide bonds. The summed E-state index contributed by atoms with van der Waals surface area (Å²) in [4.78, 5) is 31.3. The molecule has 1 aliphatic rings. The van der Waals surface area contributed by atoms with Gasteiger partial charge in [0.1, 0.15) is 11.4 Å². The van der Waals surface area contributed by atoms with E-state index in [2.05, 4.69) is 4.99 Å². The van der Waals surface area contributed by atoms with E-state index in [-0.39, 0.29) is 17.9 Å². The number of carbonyl (C=O) groups is 2. The quantitative estimate of drug-likeness (QED) is 0.806. The van der Waals surface area contributed by atoms with Crippen molar-refractivity contribution in [3.63, 3.8) is 0 Å². The lowest BCUT2D eigenvalue weighted by molar-refractivity contribution is -0.123. The number of anilines is 1. The number of aliphatic hydroxyl groups is 1. The minimum atomic E-state index is -0.815. The van der Waals surface area contributed by atoms with E-state index in [1.807, 2.05) is 43.3 Å². The lowest BCUT2D eigenvalue weighted by Crippen LogP contribution is -2.43. The fraction of sp³-hybridized carbons (Fsp3) is 0.190. The minimum Gasteiger partial charge on any atom is -0.493 e. The highest BCUT2D eigenvalue weighted by Gasteiger charge is 2.32. The van der Waals surface area contributed by atoms with Crippen molar-refractivity contribution >= 4 is 29.6 Å². The molecule has 144 valence electrons. The van der Waals surface area contributed by atoms with Crippen LogP contribution >= 0.6 is 0 Å². The first kappa shape index (κ1) is 19.3. The number of hydrogen-bond acceptors (Lipinski definition) is 3. The van der Waals surface area contributed by atoms with Crippen LogP contribution in [-0.2, 0) is 11.2 Å². The molecule has 0 radical (unpaired) electrons. The second-order valence-electron chi connectivity index (χ2n) is 6.60. The van der Waals surface area contributed by atoms with E-state index in [1.165, 1.54) is 18.2 Å². The molecule has 0 spiro atoms. The minimum absolute atomic E-state index is 0.0451. The Morgan fingerprint density at radius 3 is 2.32 bits per heavy atom. The Morgan fingerprint density at radius 2 is 1.71 bits per heavy atom. The number of rotatable bonds is 5. The van der Waals surface area contributed by atoms with Crippen LogP contribution in [0.5, 0.6) is 0 Å². The zero-order chi connectivity index (χ0) is 20.3. The summed E-state index contributed by atoms with van der Waals surface area (Å²) in [7, 11) is 3.84. The van der Waals surface area contributed by atoms with Gasteiger partial charge in [0.2, 0.25) is 5.90 Å². The zero-order valence-corrected chi connectivity index (χ0v) is 15.6. The molecule has 6 nitrogen and oxygen atoms in total. The van der Waals surface area contributed by atoms with Gasteiger partial charge in [0, 0.05) is 26.3 Å². The molecular weight excluding hydrogens is 361 g/mol. The molecule has 1 N–H and O–H groups in total. The van der Waals surface area contributed by atoms with Crippen molar-refractivity contribution in [2.45, 2.75) is 6.42 Å². The summed E-state index contributed by atoms with van der Waals surface area (Å²) >= 11 is 0. The van der Waals surface area contributed by atoms with E-state index >= 15 is 0 Å². The van der Waals surface area contributed by atoms with Crippen LogP contribution in [0.2, 0.25) is 0 Å². The van der Waals surface area contributed by atoms with Crippen molar-refractivity contribution in [3.05, 3.63) is 71.0 Å².